The van der Waals surface area contributed by atoms with Crippen molar-refractivity contribution in [3.8, 4) is 95.1 Å². The summed E-state index contributed by atoms with van der Waals surface area (Å²) in [6.45, 7) is 0. The Hall–Kier alpha value is -11.8. The van der Waals surface area contributed by atoms with E-state index in [2.05, 4.69) is 250 Å². The van der Waals surface area contributed by atoms with E-state index in [-0.39, 0.29) is 0 Å². The van der Waals surface area contributed by atoms with Crippen LogP contribution >= 0.6 is 11.6 Å². The van der Waals surface area contributed by atoms with Gasteiger partial charge in [-0.25, -0.2) is 19.9 Å². The molecule has 0 fully saturated rings. The van der Waals surface area contributed by atoms with Crippen LogP contribution < -0.4 is 0 Å². The molecule has 2 aliphatic carbocycles. The fraction of sp³-hybridized carbons (Fsp3) is 0. The molecule has 0 saturated heterocycles. The molecule has 4 aromatic heterocycles. The number of fused-ring (bicyclic) bond motifs is 8. The van der Waals surface area contributed by atoms with Gasteiger partial charge < -0.3 is 4.98 Å². The van der Waals surface area contributed by atoms with Crippen molar-refractivity contribution in [2.24, 2.45) is 0 Å². The summed E-state index contributed by atoms with van der Waals surface area (Å²) in [5, 5.41) is 10.9. The zero-order chi connectivity index (χ0) is 60.1. The van der Waals surface area contributed by atoms with Gasteiger partial charge in [-0.1, -0.05) is 266 Å². The molecule has 0 amide bonds. The first-order valence-electron chi connectivity index (χ1n) is 30.7. The highest BCUT2D eigenvalue weighted by atomic mass is 35.5. The van der Waals surface area contributed by atoms with E-state index in [0.717, 1.165) is 55.7 Å². The van der Waals surface area contributed by atoms with Crippen LogP contribution in [0.25, 0.3) is 182 Å². The average Bonchev–Trinajstić information content (AvgIpc) is 1.57. The number of nitrogens with zero attached hydrogens (tertiary/aromatic N) is 5. The summed E-state index contributed by atoms with van der Waals surface area (Å²) in [4.78, 5) is 23.3. The minimum Gasteiger partial charge on any atom is -0.354 e. The Labute approximate surface area is 528 Å². The van der Waals surface area contributed by atoms with E-state index in [1.807, 2.05) is 72.8 Å². The predicted octanol–water partition coefficient (Wildman–Crippen LogP) is 22.6. The monoisotopic (exact) mass is 1180 g/mol. The molecule has 0 aliphatic heterocycles. The van der Waals surface area contributed by atoms with Gasteiger partial charge in [0.15, 0.2) is 11.0 Å². The van der Waals surface area contributed by atoms with Crippen molar-refractivity contribution < 1.29 is 0 Å². The second-order valence-corrected chi connectivity index (χ2v) is 23.7. The first-order chi connectivity index (χ1) is 45.1. The van der Waals surface area contributed by atoms with Gasteiger partial charge in [-0.05, 0) is 137 Å². The number of nitrogens with one attached hydrogen (secondary N) is 1. The van der Waals surface area contributed by atoms with Crippen molar-refractivity contribution >= 4 is 98.8 Å². The summed E-state index contributed by atoms with van der Waals surface area (Å²) in [7, 11) is 0. The molecule has 6 nitrogen and oxygen atoms in total. The molecule has 0 atom stereocenters. The maximum absolute atomic E-state index is 6.32. The Balaban J connectivity index is 0.000000112. The van der Waals surface area contributed by atoms with E-state index in [1.165, 1.54) is 121 Å². The molecular weight excluding hydrogens is 1130 g/mol. The molecule has 0 bridgehead atoms. The highest BCUT2D eigenvalue weighted by Gasteiger charge is 2.27. The molecule has 14 aromatic carbocycles. The molecule has 7 heteroatoms. The van der Waals surface area contributed by atoms with E-state index >= 15 is 0 Å². The van der Waals surface area contributed by atoms with E-state index < -0.39 is 0 Å². The predicted molar refractivity (Wildman–Crippen MR) is 380 cm³/mol. The van der Waals surface area contributed by atoms with Crippen LogP contribution in [0, 0.1) is 0 Å². The normalized spacial score (nSPS) is 11.8. The number of benzene rings is 14. The summed E-state index contributed by atoms with van der Waals surface area (Å²) in [6.07, 6.45) is 0. The van der Waals surface area contributed by atoms with Crippen LogP contribution in [0.2, 0.25) is 5.15 Å². The molecule has 1 N–H and O–H groups in total. The smallest absolute Gasteiger partial charge is 0.165 e. The molecule has 18 aromatic rings. The second kappa shape index (κ2) is 21.2. The SMILES string of the molecule is Clc1nc2ccccc2nc1-c1ccc(-c2ccccc2)cc1.c1ccc(-c2ccc(-c3nc4ccccc4nc3-n3c4cccc5c4c4c6c(cccc6ccc43)-c3ccccc3-5)cc2)cc1.c1ccc2c(c1)-c1cccc3ccc4[nH]c5cccc-2c5c4c13. The van der Waals surface area contributed by atoms with E-state index in [0.29, 0.717) is 10.8 Å². The Morgan fingerprint density at radius 2 is 0.626 bits per heavy atom. The third-order valence-corrected chi connectivity index (χ3v) is 18.5. The largest absolute Gasteiger partial charge is 0.354 e. The molecular formula is C84H51ClN6. The lowest BCUT2D eigenvalue weighted by molar-refractivity contribution is 1.08. The zero-order valence-electron chi connectivity index (χ0n) is 49.0. The summed E-state index contributed by atoms with van der Waals surface area (Å²) in [6, 6.07) is 107. The second-order valence-electron chi connectivity index (χ2n) is 23.4. The number of hydrogen-bond donors (Lipinski definition) is 1. The fourth-order valence-corrected chi connectivity index (χ4v) is 14.4. The van der Waals surface area contributed by atoms with E-state index in [4.69, 9.17) is 21.6 Å². The summed E-state index contributed by atoms with van der Waals surface area (Å²) in [5.41, 5.74) is 26.8. The van der Waals surface area contributed by atoms with Crippen LogP contribution in [0.1, 0.15) is 0 Å². The van der Waals surface area contributed by atoms with Crippen molar-refractivity contribution in [1.29, 1.82) is 0 Å². The van der Waals surface area contributed by atoms with Gasteiger partial charge in [0, 0.05) is 43.7 Å². The number of para-hydroxylation sites is 4. The summed E-state index contributed by atoms with van der Waals surface area (Å²) < 4.78 is 2.35. The first kappa shape index (κ1) is 52.3. The van der Waals surface area contributed by atoms with Crippen molar-refractivity contribution in [2.75, 3.05) is 0 Å². The zero-order valence-corrected chi connectivity index (χ0v) is 49.7. The maximum Gasteiger partial charge on any atom is 0.165 e. The van der Waals surface area contributed by atoms with Gasteiger partial charge in [0.05, 0.1) is 33.1 Å². The van der Waals surface area contributed by atoms with Crippen molar-refractivity contribution in [1.82, 2.24) is 29.5 Å². The van der Waals surface area contributed by atoms with Gasteiger partial charge in [-0.3, -0.25) is 4.57 Å². The Kier molecular flexibility index (Phi) is 12.2. The fourth-order valence-electron chi connectivity index (χ4n) is 14.2. The van der Waals surface area contributed by atoms with E-state index in [1.54, 1.807) is 0 Å². The van der Waals surface area contributed by atoms with Crippen LogP contribution in [0.4, 0.5) is 0 Å². The van der Waals surface area contributed by atoms with Crippen LogP contribution in [0.15, 0.2) is 303 Å². The topological polar surface area (TPSA) is 72.3 Å². The van der Waals surface area contributed by atoms with Gasteiger partial charge in [0.2, 0.25) is 0 Å². The first-order valence-corrected chi connectivity index (χ1v) is 31.1. The van der Waals surface area contributed by atoms with Crippen LogP contribution in [-0.4, -0.2) is 29.5 Å². The molecule has 0 radical (unpaired) electrons. The highest BCUT2D eigenvalue weighted by molar-refractivity contribution is 6.33. The van der Waals surface area contributed by atoms with Gasteiger partial charge >= 0.3 is 0 Å². The van der Waals surface area contributed by atoms with Gasteiger partial charge in [-0.15, -0.1) is 0 Å². The Morgan fingerprint density at radius 3 is 1.20 bits per heavy atom. The van der Waals surface area contributed by atoms with Crippen molar-refractivity contribution in [3.63, 3.8) is 0 Å². The molecule has 424 valence electrons. The molecule has 0 spiro atoms. The summed E-state index contributed by atoms with van der Waals surface area (Å²) in [5.74, 6) is 0.837. The Morgan fingerprint density at radius 1 is 0.242 bits per heavy atom. The van der Waals surface area contributed by atoms with Crippen molar-refractivity contribution in [3.05, 3.63) is 308 Å². The number of hydrogen-bond acceptors (Lipinski definition) is 4. The number of aromatic amines is 1. The minimum atomic E-state index is 0.427. The van der Waals surface area contributed by atoms with E-state index in [9.17, 15) is 0 Å². The number of rotatable bonds is 5. The quantitative estimate of drug-likeness (QED) is 0.186. The maximum atomic E-state index is 6.32. The molecule has 4 heterocycles. The van der Waals surface area contributed by atoms with Crippen LogP contribution in [-0.2, 0) is 0 Å². The molecule has 0 saturated carbocycles. The third kappa shape index (κ3) is 8.56. The number of aromatic nitrogens is 6. The third-order valence-electron chi connectivity index (χ3n) is 18.3. The lowest BCUT2D eigenvalue weighted by atomic mass is 9.93. The van der Waals surface area contributed by atoms with Crippen LogP contribution in [0.5, 0.6) is 0 Å². The average molecular weight is 1180 g/mol. The standard InChI is InChI=1S/C42H25N3.C22H13N.C20H13ClN2/c1-2-10-26(11-3-1)27-20-22-29(23-21-27)41-42(44-35-18-7-6-17-34(35)43-41)45-36-19-9-16-33-31-14-5-4-13-30(31)32-15-8-12-28-24-25-37(45)40(38(28)32)39(33)36;1-2-7-15-14(6-1)16-8-3-5-13-11-12-19-22(20(13)16)21-17(15)9-4-10-18(21)23-19;21-20-19(22-17-8-4-5-9-18(17)23-20)16-12-10-15(11-13-16)14-6-2-1-3-7-14/h1-25H;1-12,23H;1-13H. The van der Waals surface area contributed by atoms with Gasteiger partial charge in [0.1, 0.15) is 11.4 Å². The molecule has 0 unspecified atom stereocenters. The lowest BCUT2D eigenvalue weighted by Gasteiger charge is -2.16. The Bertz CT molecular complexity index is 5930. The number of H-pyrrole nitrogens is 1. The minimum absolute atomic E-state index is 0.427. The number of halogens is 1. The highest BCUT2D eigenvalue weighted by Crippen LogP contribution is 2.51. The molecule has 20 rings (SSSR count). The van der Waals surface area contributed by atoms with Crippen molar-refractivity contribution in [2.45, 2.75) is 0 Å². The van der Waals surface area contributed by atoms with Gasteiger partial charge in [-0.2, -0.15) is 0 Å². The lowest BCUT2D eigenvalue weighted by Crippen LogP contribution is -2.04. The summed E-state index contributed by atoms with van der Waals surface area (Å²) >= 11 is 6.32. The molecule has 91 heavy (non-hydrogen) atoms. The molecule has 2 aliphatic rings. The van der Waals surface area contributed by atoms with Gasteiger partial charge in [0.25, 0.3) is 0 Å². The van der Waals surface area contributed by atoms with Crippen LogP contribution in [0.3, 0.4) is 0 Å².